The van der Waals surface area contributed by atoms with Crippen LogP contribution in [0, 0.1) is 0 Å². The molecule has 0 saturated carbocycles. The molecule has 0 aliphatic rings. The molecule has 0 radical (unpaired) electrons. The number of hydrogen-bond acceptors (Lipinski definition) is 4. The number of carbonyl (C=O) groups is 1. The van der Waals surface area contributed by atoms with Crippen molar-refractivity contribution in [2.24, 2.45) is 0 Å². The van der Waals surface area contributed by atoms with Crippen molar-refractivity contribution in [3.63, 3.8) is 0 Å². The zero-order chi connectivity index (χ0) is 17.9. The van der Waals surface area contributed by atoms with Crippen LogP contribution in [0.4, 0.5) is 5.69 Å². The molecule has 2 heterocycles. The molecule has 4 aromatic rings. The van der Waals surface area contributed by atoms with Crippen LogP contribution >= 0.6 is 11.3 Å². The number of rotatable bonds is 5. The maximum absolute atomic E-state index is 12.2. The molecule has 0 atom stereocenters. The van der Waals surface area contributed by atoms with Crippen molar-refractivity contribution in [1.82, 2.24) is 9.38 Å². The number of hydrogen-bond donors (Lipinski definition) is 1. The van der Waals surface area contributed by atoms with Crippen LogP contribution in [0.2, 0.25) is 0 Å². The van der Waals surface area contributed by atoms with Crippen molar-refractivity contribution in [2.75, 3.05) is 12.4 Å². The first-order valence-corrected chi connectivity index (χ1v) is 9.05. The summed E-state index contributed by atoms with van der Waals surface area (Å²) >= 11 is 1.60. The molecule has 1 N–H and O–H groups in total. The van der Waals surface area contributed by atoms with Gasteiger partial charge in [0.25, 0.3) is 0 Å². The Morgan fingerprint density at radius 1 is 1.15 bits per heavy atom. The molecule has 0 fully saturated rings. The Hall–Kier alpha value is -3.12. The van der Waals surface area contributed by atoms with E-state index in [1.165, 1.54) is 0 Å². The first-order chi connectivity index (χ1) is 12.7. The van der Waals surface area contributed by atoms with Crippen molar-refractivity contribution in [2.45, 2.75) is 6.42 Å². The van der Waals surface area contributed by atoms with Gasteiger partial charge in [0.2, 0.25) is 5.91 Å². The van der Waals surface area contributed by atoms with Gasteiger partial charge in [0.05, 0.1) is 19.2 Å². The van der Waals surface area contributed by atoms with E-state index >= 15 is 0 Å². The average Bonchev–Trinajstić information content (AvgIpc) is 3.25. The zero-order valence-corrected chi connectivity index (χ0v) is 15.0. The van der Waals surface area contributed by atoms with Crippen LogP contribution in [-0.2, 0) is 11.2 Å². The number of amides is 1. The molecule has 0 aliphatic heterocycles. The van der Waals surface area contributed by atoms with Crippen LogP contribution in [0.5, 0.6) is 5.75 Å². The van der Waals surface area contributed by atoms with E-state index < -0.39 is 0 Å². The number of nitrogens with zero attached hydrogens (tertiary/aromatic N) is 2. The van der Waals surface area contributed by atoms with Gasteiger partial charge in [-0.1, -0.05) is 24.3 Å². The zero-order valence-electron chi connectivity index (χ0n) is 14.2. The fraction of sp³-hybridized carbons (Fsp3) is 0.100. The van der Waals surface area contributed by atoms with Crippen LogP contribution in [0.25, 0.3) is 16.2 Å². The summed E-state index contributed by atoms with van der Waals surface area (Å²) in [5, 5.41) is 4.93. The van der Waals surface area contributed by atoms with Gasteiger partial charge in [0.1, 0.15) is 5.75 Å². The van der Waals surface area contributed by atoms with Crippen LogP contribution in [0.1, 0.15) is 5.56 Å². The molecule has 1 amide bonds. The molecule has 2 aromatic carbocycles. The predicted octanol–water partition coefficient (Wildman–Crippen LogP) is 4.25. The van der Waals surface area contributed by atoms with Crippen molar-refractivity contribution in [1.29, 1.82) is 0 Å². The highest BCUT2D eigenvalue weighted by Gasteiger charge is 2.07. The average molecular weight is 363 g/mol. The highest BCUT2D eigenvalue weighted by Crippen LogP contribution is 2.23. The molecule has 0 bridgehead atoms. The van der Waals surface area contributed by atoms with E-state index in [1.54, 1.807) is 18.4 Å². The molecule has 6 heteroatoms. The van der Waals surface area contributed by atoms with Gasteiger partial charge in [0.15, 0.2) is 4.96 Å². The molecule has 26 heavy (non-hydrogen) atoms. The lowest BCUT2D eigenvalue weighted by Crippen LogP contribution is -2.14. The number of anilines is 1. The molecular formula is C20H17N3O2S. The standard InChI is InChI=1S/C20H17N3O2S/c1-25-17-8-2-14(3-9-17)12-19(24)21-16-6-4-15(5-7-16)18-13-23-10-11-26-20(23)22-18/h2-11,13H,12H2,1H3,(H,21,24). The Balaban J connectivity index is 1.41. The topological polar surface area (TPSA) is 55.6 Å². The van der Waals surface area contributed by atoms with Gasteiger partial charge in [-0.3, -0.25) is 9.20 Å². The Labute approximate surface area is 154 Å². The van der Waals surface area contributed by atoms with Gasteiger partial charge in [-0.2, -0.15) is 0 Å². The van der Waals surface area contributed by atoms with Crippen LogP contribution < -0.4 is 10.1 Å². The number of thiazole rings is 1. The number of aromatic nitrogens is 2. The highest BCUT2D eigenvalue weighted by atomic mass is 32.1. The molecule has 0 unspecified atom stereocenters. The molecule has 2 aromatic heterocycles. The largest absolute Gasteiger partial charge is 0.497 e. The Kier molecular flexibility index (Phi) is 4.41. The van der Waals surface area contributed by atoms with Gasteiger partial charge >= 0.3 is 0 Å². The Morgan fingerprint density at radius 2 is 1.92 bits per heavy atom. The fourth-order valence-corrected chi connectivity index (χ4v) is 3.42. The third kappa shape index (κ3) is 3.45. The fourth-order valence-electron chi connectivity index (χ4n) is 2.72. The lowest BCUT2D eigenvalue weighted by atomic mass is 10.1. The lowest BCUT2D eigenvalue weighted by Gasteiger charge is -2.07. The number of benzene rings is 2. The molecule has 4 rings (SSSR count). The second-order valence-corrected chi connectivity index (χ2v) is 6.74. The van der Waals surface area contributed by atoms with Crippen LogP contribution in [0.15, 0.2) is 66.3 Å². The number of imidazole rings is 1. The van der Waals surface area contributed by atoms with E-state index in [9.17, 15) is 4.79 Å². The van der Waals surface area contributed by atoms with Gasteiger partial charge in [-0.05, 0) is 29.8 Å². The highest BCUT2D eigenvalue weighted by molar-refractivity contribution is 7.15. The second-order valence-electron chi connectivity index (χ2n) is 5.87. The first-order valence-electron chi connectivity index (χ1n) is 8.17. The quantitative estimate of drug-likeness (QED) is 0.577. The number of methoxy groups -OCH3 is 1. The molecular weight excluding hydrogens is 346 g/mol. The Bertz CT molecular complexity index is 1000. The van der Waals surface area contributed by atoms with Crippen molar-refractivity contribution in [3.05, 3.63) is 71.9 Å². The predicted molar refractivity (Wildman–Crippen MR) is 104 cm³/mol. The summed E-state index contributed by atoms with van der Waals surface area (Å²) in [4.78, 5) is 17.8. The molecule has 5 nitrogen and oxygen atoms in total. The smallest absolute Gasteiger partial charge is 0.228 e. The maximum Gasteiger partial charge on any atom is 0.228 e. The third-order valence-corrected chi connectivity index (χ3v) is 4.85. The van der Waals surface area contributed by atoms with E-state index in [-0.39, 0.29) is 5.91 Å². The molecule has 0 aliphatic carbocycles. The van der Waals surface area contributed by atoms with Gasteiger partial charge in [-0.15, -0.1) is 11.3 Å². The van der Waals surface area contributed by atoms with Crippen molar-refractivity contribution >= 4 is 27.9 Å². The molecule has 130 valence electrons. The van der Waals surface area contributed by atoms with E-state index in [0.29, 0.717) is 6.42 Å². The summed E-state index contributed by atoms with van der Waals surface area (Å²) in [6, 6.07) is 15.2. The van der Waals surface area contributed by atoms with Crippen LogP contribution in [-0.4, -0.2) is 22.4 Å². The van der Waals surface area contributed by atoms with Gasteiger partial charge in [-0.25, -0.2) is 4.98 Å². The Morgan fingerprint density at radius 3 is 2.62 bits per heavy atom. The summed E-state index contributed by atoms with van der Waals surface area (Å²) in [5.41, 5.74) is 3.66. The summed E-state index contributed by atoms with van der Waals surface area (Å²) in [6.45, 7) is 0. The van der Waals surface area contributed by atoms with Crippen molar-refractivity contribution in [3.8, 4) is 17.0 Å². The maximum atomic E-state index is 12.2. The summed E-state index contributed by atoms with van der Waals surface area (Å²) in [5.74, 6) is 0.731. The molecule has 0 spiro atoms. The van der Waals surface area contributed by atoms with Gasteiger partial charge < -0.3 is 10.1 Å². The monoisotopic (exact) mass is 363 g/mol. The van der Waals surface area contributed by atoms with Crippen molar-refractivity contribution < 1.29 is 9.53 Å². The van der Waals surface area contributed by atoms with Crippen LogP contribution in [0.3, 0.4) is 0 Å². The minimum atomic E-state index is -0.0505. The van der Waals surface area contributed by atoms with E-state index in [0.717, 1.165) is 33.2 Å². The first kappa shape index (κ1) is 16.4. The summed E-state index contributed by atoms with van der Waals surface area (Å²) in [7, 11) is 1.62. The number of carbonyl (C=O) groups excluding carboxylic acids is 1. The normalized spacial score (nSPS) is 10.8. The number of ether oxygens (including phenoxy) is 1. The van der Waals surface area contributed by atoms with E-state index in [1.807, 2.05) is 70.7 Å². The second kappa shape index (κ2) is 7.01. The lowest BCUT2D eigenvalue weighted by molar-refractivity contribution is -0.115. The van der Waals surface area contributed by atoms with E-state index in [2.05, 4.69) is 10.3 Å². The van der Waals surface area contributed by atoms with E-state index in [4.69, 9.17) is 4.74 Å². The third-order valence-electron chi connectivity index (χ3n) is 4.08. The van der Waals surface area contributed by atoms with Gasteiger partial charge in [0, 0.05) is 29.0 Å². The minimum absolute atomic E-state index is 0.0505. The minimum Gasteiger partial charge on any atom is -0.497 e. The SMILES string of the molecule is COc1ccc(CC(=O)Nc2ccc(-c3cn4ccsc4n3)cc2)cc1. The summed E-state index contributed by atoms with van der Waals surface area (Å²) in [6.07, 6.45) is 4.32. The number of nitrogens with one attached hydrogen (secondary N) is 1. The number of fused-ring (bicyclic) bond motifs is 1. The molecule has 0 saturated heterocycles. The summed E-state index contributed by atoms with van der Waals surface area (Å²) < 4.78 is 7.13.